The van der Waals surface area contributed by atoms with Crippen LogP contribution in [0.4, 0.5) is 6.01 Å². The smallest absolute Gasteiger partial charge is 0.321 e. The molecule has 80 valence electrons. The van der Waals surface area contributed by atoms with Crippen molar-refractivity contribution in [2.45, 2.75) is 52.5 Å². The minimum Gasteiger partial charge on any atom is -0.335 e. The van der Waals surface area contributed by atoms with E-state index < -0.39 is 0 Å². The highest BCUT2D eigenvalue weighted by Crippen LogP contribution is 2.09. The summed E-state index contributed by atoms with van der Waals surface area (Å²) in [6.07, 6.45) is 4.94. The van der Waals surface area contributed by atoms with E-state index in [0.717, 1.165) is 6.42 Å². The van der Waals surface area contributed by atoms with Gasteiger partial charge in [0, 0.05) is 6.04 Å². The lowest BCUT2D eigenvalue weighted by Crippen LogP contribution is -2.14. The highest BCUT2D eigenvalue weighted by molar-refractivity contribution is 5.19. The van der Waals surface area contributed by atoms with Gasteiger partial charge in [0.05, 0.1) is 0 Å². The number of nitrogens with zero attached hydrogens (tertiary/aromatic N) is 2. The third kappa shape index (κ3) is 3.77. The van der Waals surface area contributed by atoms with Gasteiger partial charge in [0.1, 0.15) is 0 Å². The molecule has 0 saturated heterocycles. The first-order chi connectivity index (χ1) is 6.72. The summed E-state index contributed by atoms with van der Waals surface area (Å²) in [5, 5.41) is 6.90. The predicted octanol–water partition coefficient (Wildman–Crippen LogP) is 2.76. The molecular weight excluding hydrogens is 178 g/mol. The van der Waals surface area contributed by atoms with Crippen LogP contribution in [0.15, 0.2) is 4.52 Å². The van der Waals surface area contributed by atoms with Gasteiger partial charge in [-0.05, 0) is 20.3 Å². The van der Waals surface area contributed by atoms with E-state index in [1.54, 1.807) is 0 Å². The van der Waals surface area contributed by atoms with Gasteiger partial charge in [-0.25, -0.2) is 0 Å². The maximum absolute atomic E-state index is 4.97. The molecular formula is C10H19N3O. The predicted molar refractivity (Wildman–Crippen MR) is 56.3 cm³/mol. The molecule has 14 heavy (non-hydrogen) atoms. The summed E-state index contributed by atoms with van der Waals surface area (Å²) in [6, 6.07) is 0.938. The van der Waals surface area contributed by atoms with Crippen LogP contribution in [-0.4, -0.2) is 16.2 Å². The van der Waals surface area contributed by atoms with Crippen molar-refractivity contribution < 1.29 is 4.52 Å². The Labute approximate surface area is 85.1 Å². The lowest BCUT2D eigenvalue weighted by atomic mass is 10.1. The lowest BCUT2D eigenvalue weighted by molar-refractivity contribution is 0.420. The van der Waals surface area contributed by atoms with Gasteiger partial charge in [-0.15, -0.1) is 0 Å². The van der Waals surface area contributed by atoms with E-state index in [1.165, 1.54) is 19.3 Å². The molecule has 0 amide bonds. The molecule has 1 unspecified atom stereocenters. The van der Waals surface area contributed by atoms with Crippen molar-refractivity contribution in [3.63, 3.8) is 0 Å². The maximum atomic E-state index is 4.97. The van der Waals surface area contributed by atoms with Crippen LogP contribution in [0.2, 0.25) is 0 Å². The maximum Gasteiger partial charge on any atom is 0.321 e. The molecule has 1 aromatic rings. The first-order valence-electron chi connectivity index (χ1n) is 5.29. The molecule has 0 aliphatic heterocycles. The van der Waals surface area contributed by atoms with E-state index in [2.05, 4.69) is 29.3 Å². The fourth-order valence-electron chi connectivity index (χ4n) is 1.34. The zero-order valence-corrected chi connectivity index (χ0v) is 9.21. The number of unbranched alkanes of at least 4 members (excludes halogenated alkanes) is 2. The Morgan fingerprint density at radius 3 is 2.79 bits per heavy atom. The van der Waals surface area contributed by atoms with E-state index in [4.69, 9.17) is 4.52 Å². The largest absolute Gasteiger partial charge is 0.335 e. The molecule has 1 rings (SSSR count). The molecule has 0 aliphatic rings. The molecule has 1 heterocycles. The third-order valence-corrected chi connectivity index (χ3v) is 2.14. The Morgan fingerprint density at radius 2 is 2.21 bits per heavy atom. The molecule has 0 aromatic carbocycles. The van der Waals surface area contributed by atoms with Gasteiger partial charge in [0.15, 0.2) is 5.82 Å². The van der Waals surface area contributed by atoms with Crippen molar-refractivity contribution in [2.24, 2.45) is 0 Å². The first kappa shape index (κ1) is 11.0. The second-order valence-corrected chi connectivity index (χ2v) is 3.69. The Bertz CT molecular complexity index is 260. The summed E-state index contributed by atoms with van der Waals surface area (Å²) in [4.78, 5) is 4.09. The zero-order valence-electron chi connectivity index (χ0n) is 9.21. The molecule has 0 saturated carbocycles. The normalized spacial score (nSPS) is 12.8. The summed E-state index contributed by atoms with van der Waals surface area (Å²) < 4.78 is 4.97. The number of hydrogen-bond acceptors (Lipinski definition) is 4. The van der Waals surface area contributed by atoms with Gasteiger partial charge in [0.25, 0.3) is 0 Å². The minimum atomic E-state index is 0.404. The Morgan fingerprint density at radius 1 is 1.43 bits per heavy atom. The summed E-state index contributed by atoms with van der Waals surface area (Å²) in [5.41, 5.74) is 0. The Kier molecular flexibility index (Phi) is 4.43. The highest BCUT2D eigenvalue weighted by atomic mass is 16.5. The second kappa shape index (κ2) is 5.62. The number of hydrogen-bond donors (Lipinski definition) is 1. The van der Waals surface area contributed by atoms with Crippen LogP contribution in [-0.2, 0) is 0 Å². The van der Waals surface area contributed by atoms with Crippen LogP contribution in [0.1, 0.15) is 45.4 Å². The van der Waals surface area contributed by atoms with Crippen molar-refractivity contribution in [1.29, 1.82) is 0 Å². The van der Waals surface area contributed by atoms with Gasteiger partial charge >= 0.3 is 6.01 Å². The summed E-state index contributed by atoms with van der Waals surface area (Å²) in [6.45, 7) is 6.16. The van der Waals surface area contributed by atoms with E-state index in [9.17, 15) is 0 Å². The number of aromatic nitrogens is 2. The fourth-order valence-corrected chi connectivity index (χ4v) is 1.34. The average molecular weight is 197 g/mol. The molecule has 0 bridgehead atoms. The van der Waals surface area contributed by atoms with E-state index >= 15 is 0 Å². The van der Waals surface area contributed by atoms with Crippen molar-refractivity contribution >= 4 is 6.01 Å². The van der Waals surface area contributed by atoms with E-state index in [-0.39, 0.29) is 0 Å². The van der Waals surface area contributed by atoms with Gasteiger partial charge in [-0.2, -0.15) is 4.98 Å². The number of nitrogens with one attached hydrogen (secondary N) is 1. The lowest BCUT2D eigenvalue weighted by Gasteiger charge is -2.10. The van der Waals surface area contributed by atoms with Crippen LogP contribution in [0, 0.1) is 6.92 Å². The van der Waals surface area contributed by atoms with Crippen molar-refractivity contribution in [1.82, 2.24) is 10.1 Å². The molecule has 1 atom stereocenters. The van der Waals surface area contributed by atoms with Crippen LogP contribution in [0.3, 0.4) is 0 Å². The van der Waals surface area contributed by atoms with Crippen LogP contribution in [0.5, 0.6) is 0 Å². The molecule has 0 spiro atoms. The molecule has 0 fully saturated rings. The average Bonchev–Trinajstić information content (AvgIpc) is 2.52. The van der Waals surface area contributed by atoms with Crippen molar-refractivity contribution in [3.8, 4) is 0 Å². The Hall–Kier alpha value is -1.06. The molecule has 0 aliphatic carbocycles. The van der Waals surface area contributed by atoms with Crippen LogP contribution >= 0.6 is 0 Å². The third-order valence-electron chi connectivity index (χ3n) is 2.14. The summed E-state index contributed by atoms with van der Waals surface area (Å²) >= 11 is 0. The van der Waals surface area contributed by atoms with Crippen LogP contribution in [0.25, 0.3) is 0 Å². The molecule has 4 heteroatoms. The van der Waals surface area contributed by atoms with Gasteiger partial charge in [0.2, 0.25) is 0 Å². The number of rotatable bonds is 6. The molecule has 4 nitrogen and oxygen atoms in total. The van der Waals surface area contributed by atoms with E-state index in [0.29, 0.717) is 17.9 Å². The monoisotopic (exact) mass is 197 g/mol. The first-order valence-corrected chi connectivity index (χ1v) is 5.29. The van der Waals surface area contributed by atoms with Crippen molar-refractivity contribution in [2.75, 3.05) is 5.32 Å². The van der Waals surface area contributed by atoms with Crippen LogP contribution < -0.4 is 5.32 Å². The SMILES string of the molecule is CCCCCC(C)Nc1nc(C)no1. The second-order valence-electron chi connectivity index (χ2n) is 3.69. The minimum absolute atomic E-state index is 0.404. The summed E-state index contributed by atoms with van der Waals surface area (Å²) in [7, 11) is 0. The highest BCUT2D eigenvalue weighted by Gasteiger charge is 2.06. The fraction of sp³-hybridized carbons (Fsp3) is 0.800. The molecule has 0 radical (unpaired) electrons. The van der Waals surface area contributed by atoms with Gasteiger partial charge in [-0.1, -0.05) is 31.3 Å². The van der Waals surface area contributed by atoms with E-state index in [1.807, 2.05) is 6.92 Å². The standard InChI is InChI=1S/C10H19N3O/c1-4-5-6-7-8(2)11-10-12-9(3)13-14-10/h8H,4-7H2,1-3H3,(H,11,12,13). The zero-order chi connectivity index (χ0) is 10.4. The molecule has 1 aromatic heterocycles. The topological polar surface area (TPSA) is 51.0 Å². The van der Waals surface area contributed by atoms with Crippen molar-refractivity contribution in [3.05, 3.63) is 5.82 Å². The summed E-state index contributed by atoms with van der Waals surface area (Å²) in [5.74, 6) is 0.674. The van der Waals surface area contributed by atoms with Gasteiger partial charge in [-0.3, -0.25) is 0 Å². The number of aryl methyl sites for hydroxylation is 1. The quantitative estimate of drug-likeness (QED) is 0.712. The Balaban J connectivity index is 2.23. The van der Waals surface area contributed by atoms with Gasteiger partial charge < -0.3 is 9.84 Å². The molecule has 1 N–H and O–H groups in total. The number of anilines is 1.